The van der Waals surface area contributed by atoms with Crippen LogP contribution >= 0.6 is 0 Å². The highest BCUT2D eigenvalue weighted by molar-refractivity contribution is 5.87. The van der Waals surface area contributed by atoms with Crippen LogP contribution in [0.1, 0.15) is 31.4 Å². The summed E-state index contributed by atoms with van der Waals surface area (Å²) in [7, 11) is 0. The molecule has 0 saturated carbocycles. The molecule has 3 heteroatoms. The van der Waals surface area contributed by atoms with Crippen LogP contribution < -0.4 is 0 Å². The largest absolute Gasteiger partial charge is 0.451 e. The fourth-order valence-corrected chi connectivity index (χ4v) is 2.20. The molecule has 0 amide bonds. The Kier molecular flexibility index (Phi) is 2.77. The van der Waals surface area contributed by atoms with Crippen LogP contribution in [0.5, 0.6) is 0 Å². The van der Waals surface area contributed by atoms with Crippen molar-refractivity contribution in [3.63, 3.8) is 0 Å². The normalized spacial score (nSPS) is 22.1. The van der Waals surface area contributed by atoms with Gasteiger partial charge >= 0.3 is 5.97 Å². The predicted molar refractivity (Wildman–Crippen MR) is 63.0 cm³/mol. The molecule has 0 heterocycles. The van der Waals surface area contributed by atoms with Crippen molar-refractivity contribution in [1.29, 1.82) is 0 Å². The lowest BCUT2D eigenvalue weighted by Crippen LogP contribution is -2.26. The van der Waals surface area contributed by atoms with Gasteiger partial charge in [0.2, 0.25) is 0 Å². The first-order chi connectivity index (χ1) is 7.94. The zero-order valence-electron chi connectivity index (χ0n) is 10.0. The molecule has 17 heavy (non-hydrogen) atoms. The van der Waals surface area contributed by atoms with Gasteiger partial charge in [0.25, 0.3) is 0 Å². The summed E-state index contributed by atoms with van der Waals surface area (Å²) in [6.45, 7) is 6.98. The van der Waals surface area contributed by atoms with Crippen LogP contribution in [0.3, 0.4) is 0 Å². The number of rotatable bonds is 2. The van der Waals surface area contributed by atoms with Crippen LogP contribution in [-0.4, -0.2) is 5.97 Å². The Morgan fingerprint density at radius 1 is 1.53 bits per heavy atom. The summed E-state index contributed by atoms with van der Waals surface area (Å²) in [6, 6.07) is 4.90. The summed E-state index contributed by atoms with van der Waals surface area (Å²) >= 11 is 0. The van der Waals surface area contributed by atoms with E-state index in [2.05, 4.69) is 6.58 Å². The van der Waals surface area contributed by atoms with Gasteiger partial charge in [-0.25, -0.2) is 9.18 Å². The second kappa shape index (κ2) is 3.99. The molecule has 2 rings (SSSR count). The number of carbonyl (C=O) groups excluding carboxylic acids is 1. The van der Waals surface area contributed by atoms with Gasteiger partial charge in [-0.2, -0.15) is 0 Å². The first-order valence-corrected chi connectivity index (χ1v) is 5.61. The number of fused-ring (bicyclic) bond motifs is 1. The lowest BCUT2D eigenvalue weighted by Gasteiger charge is -2.25. The van der Waals surface area contributed by atoms with Gasteiger partial charge in [0.05, 0.1) is 0 Å². The molecule has 1 atom stereocenters. The van der Waals surface area contributed by atoms with Crippen molar-refractivity contribution in [2.75, 3.05) is 0 Å². The van der Waals surface area contributed by atoms with E-state index in [1.165, 1.54) is 6.07 Å². The van der Waals surface area contributed by atoms with Gasteiger partial charge < -0.3 is 4.74 Å². The summed E-state index contributed by atoms with van der Waals surface area (Å²) in [6.07, 6.45) is 1.21. The smallest absolute Gasteiger partial charge is 0.333 e. The highest BCUT2D eigenvalue weighted by Gasteiger charge is 2.39. The molecule has 0 aromatic heterocycles. The summed E-state index contributed by atoms with van der Waals surface area (Å²) in [5, 5.41) is 0. The Labute approximate surface area is 100 Å². The third kappa shape index (κ3) is 1.97. The molecule has 0 N–H and O–H groups in total. The SMILES string of the molecule is C=C(C)C(=O)OC1(C)CCc2c(F)cccc21. The van der Waals surface area contributed by atoms with Crippen LogP contribution in [0, 0.1) is 5.82 Å². The van der Waals surface area contributed by atoms with Crippen molar-refractivity contribution in [2.45, 2.75) is 32.3 Å². The first-order valence-electron chi connectivity index (χ1n) is 5.61. The van der Waals surface area contributed by atoms with E-state index >= 15 is 0 Å². The van der Waals surface area contributed by atoms with Gasteiger partial charge in [0.1, 0.15) is 11.4 Å². The van der Waals surface area contributed by atoms with Crippen molar-refractivity contribution >= 4 is 5.97 Å². The van der Waals surface area contributed by atoms with Crippen LogP contribution in [0.2, 0.25) is 0 Å². The summed E-state index contributed by atoms with van der Waals surface area (Å²) in [4.78, 5) is 11.6. The first kappa shape index (κ1) is 11.8. The van der Waals surface area contributed by atoms with Gasteiger partial charge in [-0.05, 0) is 38.3 Å². The fraction of sp³-hybridized carbons (Fsp3) is 0.357. The molecular formula is C14H15FO2. The van der Waals surface area contributed by atoms with E-state index in [1.54, 1.807) is 13.0 Å². The molecule has 1 aliphatic rings. The Morgan fingerprint density at radius 2 is 2.24 bits per heavy atom. The fourth-order valence-electron chi connectivity index (χ4n) is 2.20. The molecule has 1 unspecified atom stereocenters. The third-order valence-electron chi connectivity index (χ3n) is 3.21. The lowest BCUT2D eigenvalue weighted by atomic mass is 9.98. The van der Waals surface area contributed by atoms with Crippen molar-refractivity contribution in [3.05, 3.63) is 47.3 Å². The zero-order valence-corrected chi connectivity index (χ0v) is 10.0. The number of halogens is 1. The van der Waals surface area contributed by atoms with E-state index < -0.39 is 11.6 Å². The molecule has 1 aromatic carbocycles. The van der Waals surface area contributed by atoms with E-state index in [0.29, 0.717) is 24.0 Å². The Balaban J connectivity index is 2.35. The van der Waals surface area contributed by atoms with Crippen LogP contribution in [0.4, 0.5) is 4.39 Å². The molecule has 90 valence electrons. The van der Waals surface area contributed by atoms with E-state index in [9.17, 15) is 9.18 Å². The maximum atomic E-state index is 13.6. The van der Waals surface area contributed by atoms with Crippen molar-refractivity contribution < 1.29 is 13.9 Å². The van der Waals surface area contributed by atoms with Gasteiger partial charge in [0.15, 0.2) is 0 Å². The molecule has 2 nitrogen and oxygen atoms in total. The molecule has 1 aliphatic carbocycles. The molecular weight excluding hydrogens is 219 g/mol. The highest BCUT2D eigenvalue weighted by Crippen LogP contribution is 2.41. The van der Waals surface area contributed by atoms with Gasteiger partial charge in [-0.1, -0.05) is 18.7 Å². The molecule has 0 spiro atoms. The Morgan fingerprint density at radius 3 is 2.88 bits per heavy atom. The summed E-state index contributed by atoms with van der Waals surface area (Å²) < 4.78 is 19.0. The number of esters is 1. The zero-order chi connectivity index (χ0) is 12.6. The minimum absolute atomic E-state index is 0.224. The predicted octanol–water partition coefficient (Wildman–Crippen LogP) is 3.11. The maximum absolute atomic E-state index is 13.6. The topological polar surface area (TPSA) is 26.3 Å². The van der Waals surface area contributed by atoms with Crippen LogP contribution in [-0.2, 0) is 21.6 Å². The van der Waals surface area contributed by atoms with E-state index in [1.807, 2.05) is 13.0 Å². The second-order valence-corrected chi connectivity index (χ2v) is 4.67. The van der Waals surface area contributed by atoms with Gasteiger partial charge in [0, 0.05) is 11.1 Å². The molecule has 0 saturated heterocycles. The molecule has 0 fully saturated rings. The maximum Gasteiger partial charge on any atom is 0.333 e. The van der Waals surface area contributed by atoms with Gasteiger partial charge in [-0.3, -0.25) is 0 Å². The highest BCUT2D eigenvalue weighted by atomic mass is 19.1. The van der Waals surface area contributed by atoms with E-state index in [-0.39, 0.29) is 5.82 Å². The van der Waals surface area contributed by atoms with Crippen LogP contribution in [0.15, 0.2) is 30.4 Å². The number of ether oxygens (including phenoxy) is 1. The second-order valence-electron chi connectivity index (χ2n) is 4.67. The summed E-state index contributed by atoms with van der Waals surface area (Å²) in [5.41, 5.74) is 1.06. The number of hydrogen-bond donors (Lipinski definition) is 0. The Bertz CT molecular complexity index is 493. The summed E-state index contributed by atoms with van der Waals surface area (Å²) in [5.74, 6) is -0.651. The van der Waals surface area contributed by atoms with E-state index in [4.69, 9.17) is 4.74 Å². The quantitative estimate of drug-likeness (QED) is 0.580. The molecule has 1 aromatic rings. The minimum Gasteiger partial charge on any atom is -0.451 e. The van der Waals surface area contributed by atoms with Crippen molar-refractivity contribution in [2.24, 2.45) is 0 Å². The molecule has 0 aliphatic heterocycles. The average Bonchev–Trinajstić information content (AvgIpc) is 2.58. The average molecular weight is 234 g/mol. The minimum atomic E-state index is -0.729. The standard InChI is InChI=1S/C14H15FO2/c1-9(2)13(16)17-14(3)8-7-10-11(14)5-4-6-12(10)15/h4-6H,1,7-8H2,2-3H3. The van der Waals surface area contributed by atoms with Crippen molar-refractivity contribution in [1.82, 2.24) is 0 Å². The lowest BCUT2D eigenvalue weighted by molar-refractivity contribution is -0.154. The van der Waals surface area contributed by atoms with Gasteiger partial charge in [-0.15, -0.1) is 0 Å². The van der Waals surface area contributed by atoms with Crippen molar-refractivity contribution in [3.8, 4) is 0 Å². The molecule has 0 radical (unpaired) electrons. The number of carbonyl (C=O) groups is 1. The van der Waals surface area contributed by atoms with Crippen LogP contribution in [0.25, 0.3) is 0 Å². The number of benzene rings is 1. The monoisotopic (exact) mass is 234 g/mol. The Hall–Kier alpha value is -1.64. The third-order valence-corrected chi connectivity index (χ3v) is 3.21. The number of hydrogen-bond acceptors (Lipinski definition) is 2. The molecule has 0 bridgehead atoms. The van der Waals surface area contributed by atoms with E-state index in [0.717, 1.165) is 5.56 Å².